The molecule has 0 aliphatic rings. The second kappa shape index (κ2) is 15.9. The number of carbonyl (C=O) groups is 2. The van der Waals surface area contributed by atoms with Crippen LogP contribution in [0.15, 0.2) is 109 Å². The van der Waals surface area contributed by atoms with Gasteiger partial charge in [-0.15, -0.1) is 0 Å². The minimum absolute atomic E-state index is 0.145. The molecule has 9 heteroatoms. The number of hydrogen-bond donors (Lipinski definition) is 1. The molecule has 0 fully saturated rings. The number of ether oxygens (including phenoxy) is 1. The summed E-state index contributed by atoms with van der Waals surface area (Å²) in [6.07, 6.45) is 3.06. The van der Waals surface area contributed by atoms with E-state index in [0.717, 1.165) is 40.1 Å². The van der Waals surface area contributed by atoms with Crippen molar-refractivity contribution in [2.75, 3.05) is 23.7 Å². The van der Waals surface area contributed by atoms with Crippen LogP contribution in [0, 0.1) is 6.92 Å². The van der Waals surface area contributed by atoms with Crippen molar-refractivity contribution >= 4 is 27.5 Å². The lowest BCUT2D eigenvalue weighted by molar-refractivity contribution is -0.140. The van der Waals surface area contributed by atoms with E-state index in [9.17, 15) is 18.0 Å². The largest absolute Gasteiger partial charge is 0.457 e. The van der Waals surface area contributed by atoms with Gasteiger partial charge in [-0.1, -0.05) is 86.1 Å². The highest BCUT2D eigenvalue weighted by Gasteiger charge is 2.33. The molecule has 0 aliphatic carbocycles. The smallest absolute Gasteiger partial charge is 0.244 e. The quantitative estimate of drug-likeness (QED) is 0.161. The number of amides is 2. The molecular weight excluding hydrogens is 586 g/mol. The van der Waals surface area contributed by atoms with Crippen molar-refractivity contribution in [3.8, 4) is 11.5 Å². The van der Waals surface area contributed by atoms with Crippen LogP contribution in [0.2, 0.25) is 0 Å². The minimum Gasteiger partial charge on any atom is -0.457 e. The Kier molecular flexibility index (Phi) is 11.8. The molecule has 0 heterocycles. The fourth-order valence-corrected chi connectivity index (χ4v) is 5.80. The summed E-state index contributed by atoms with van der Waals surface area (Å²) < 4.78 is 33.1. The highest BCUT2D eigenvalue weighted by atomic mass is 32.2. The molecule has 0 aromatic heterocycles. The molecule has 1 N–H and O–H groups in total. The van der Waals surface area contributed by atoms with Gasteiger partial charge in [0.25, 0.3) is 0 Å². The third kappa shape index (κ3) is 9.68. The van der Waals surface area contributed by atoms with Gasteiger partial charge < -0.3 is 15.0 Å². The van der Waals surface area contributed by atoms with Crippen LogP contribution in [-0.4, -0.2) is 50.5 Å². The zero-order valence-electron chi connectivity index (χ0n) is 26.1. The van der Waals surface area contributed by atoms with E-state index < -0.39 is 28.5 Å². The van der Waals surface area contributed by atoms with Crippen LogP contribution in [-0.2, 0) is 32.6 Å². The highest BCUT2D eigenvalue weighted by Crippen LogP contribution is 2.26. The molecule has 0 spiro atoms. The highest BCUT2D eigenvalue weighted by molar-refractivity contribution is 7.92. The van der Waals surface area contributed by atoms with Gasteiger partial charge in [-0.3, -0.25) is 13.9 Å². The molecule has 0 bridgehead atoms. The van der Waals surface area contributed by atoms with Crippen LogP contribution in [0.3, 0.4) is 0 Å². The number of unbranched alkanes of at least 4 members (excludes halogenated alkanes) is 1. The van der Waals surface area contributed by atoms with Gasteiger partial charge in [0.05, 0.1) is 11.9 Å². The lowest BCUT2D eigenvalue weighted by Crippen LogP contribution is -2.53. The lowest BCUT2D eigenvalue weighted by atomic mass is 10.0. The van der Waals surface area contributed by atoms with Gasteiger partial charge in [-0.05, 0) is 66.4 Å². The molecular formula is C36H41N3O5S. The van der Waals surface area contributed by atoms with E-state index in [0.29, 0.717) is 23.7 Å². The van der Waals surface area contributed by atoms with E-state index in [1.165, 1.54) is 4.90 Å². The standard InChI is InChI=1S/C36H41N3O5S/c1-4-5-24-37-36(41)34(25-29-15-8-6-9-16-29)38(26-30-17-13-12-14-28(30)2)35(40)27-39(45(3,42)43)31-20-22-33(23-21-31)44-32-18-10-7-11-19-32/h6-23,34H,4-5,24-27H2,1-3H3,(H,37,41). The predicted molar refractivity (Wildman–Crippen MR) is 179 cm³/mol. The maximum Gasteiger partial charge on any atom is 0.244 e. The van der Waals surface area contributed by atoms with E-state index >= 15 is 0 Å². The van der Waals surface area contributed by atoms with Crippen LogP contribution in [0.4, 0.5) is 5.69 Å². The van der Waals surface area contributed by atoms with Gasteiger partial charge in [0.15, 0.2) is 0 Å². The Morgan fingerprint density at radius 3 is 2.04 bits per heavy atom. The van der Waals surface area contributed by atoms with Crippen LogP contribution in [0.5, 0.6) is 11.5 Å². The Morgan fingerprint density at radius 1 is 0.822 bits per heavy atom. The number of nitrogens with one attached hydrogen (secondary N) is 1. The summed E-state index contributed by atoms with van der Waals surface area (Å²) in [5, 5.41) is 3.00. The first-order chi connectivity index (χ1) is 21.7. The minimum atomic E-state index is -3.88. The third-order valence-electron chi connectivity index (χ3n) is 7.49. The summed E-state index contributed by atoms with van der Waals surface area (Å²) in [5.74, 6) is 0.411. The van der Waals surface area contributed by atoms with Gasteiger partial charge >= 0.3 is 0 Å². The molecule has 4 rings (SSSR count). The summed E-state index contributed by atoms with van der Waals surface area (Å²) in [7, 11) is -3.88. The van der Waals surface area contributed by atoms with E-state index in [2.05, 4.69) is 5.32 Å². The van der Waals surface area contributed by atoms with E-state index in [1.54, 1.807) is 24.3 Å². The number of carbonyl (C=O) groups excluding carboxylic acids is 2. The number of anilines is 1. The lowest BCUT2D eigenvalue weighted by Gasteiger charge is -2.34. The zero-order chi connectivity index (χ0) is 32.2. The molecule has 4 aromatic carbocycles. The normalized spacial score (nSPS) is 11.8. The maximum atomic E-state index is 14.3. The molecule has 0 saturated carbocycles. The van der Waals surface area contributed by atoms with Crippen molar-refractivity contribution < 1.29 is 22.7 Å². The molecule has 2 amide bonds. The van der Waals surface area contributed by atoms with Gasteiger partial charge in [-0.2, -0.15) is 0 Å². The van der Waals surface area contributed by atoms with Crippen molar-refractivity contribution in [2.45, 2.75) is 45.7 Å². The first-order valence-electron chi connectivity index (χ1n) is 15.1. The van der Waals surface area contributed by atoms with E-state index in [-0.39, 0.29) is 18.9 Å². The number of para-hydroxylation sites is 1. The average molecular weight is 628 g/mol. The molecule has 236 valence electrons. The van der Waals surface area contributed by atoms with Crippen molar-refractivity contribution in [3.05, 3.63) is 126 Å². The monoisotopic (exact) mass is 627 g/mol. The summed E-state index contributed by atoms with van der Waals surface area (Å²) in [6, 6.07) is 32.1. The zero-order valence-corrected chi connectivity index (χ0v) is 26.9. The Morgan fingerprint density at radius 2 is 1.42 bits per heavy atom. The molecule has 45 heavy (non-hydrogen) atoms. The molecule has 8 nitrogen and oxygen atoms in total. The Labute approximate surface area is 266 Å². The Bertz CT molecular complexity index is 1650. The van der Waals surface area contributed by atoms with Crippen LogP contribution in [0.25, 0.3) is 0 Å². The molecule has 0 radical (unpaired) electrons. The van der Waals surface area contributed by atoms with Gasteiger partial charge in [-0.25, -0.2) is 8.42 Å². The molecule has 4 aromatic rings. The van der Waals surface area contributed by atoms with Gasteiger partial charge in [0.2, 0.25) is 21.8 Å². The van der Waals surface area contributed by atoms with E-state index in [1.807, 2.05) is 98.8 Å². The number of benzene rings is 4. The second-order valence-electron chi connectivity index (χ2n) is 11.0. The van der Waals surface area contributed by atoms with Crippen LogP contribution >= 0.6 is 0 Å². The Hall–Kier alpha value is -4.63. The summed E-state index contributed by atoms with van der Waals surface area (Å²) in [4.78, 5) is 29.5. The number of aryl methyl sites for hydroxylation is 1. The molecule has 0 saturated heterocycles. The van der Waals surface area contributed by atoms with Gasteiger partial charge in [0.1, 0.15) is 24.1 Å². The molecule has 0 aliphatic heterocycles. The fourth-order valence-electron chi connectivity index (χ4n) is 4.95. The second-order valence-corrected chi connectivity index (χ2v) is 12.9. The number of hydrogen-bond acceptors (Lipinski definition) is 5. The van der Waals surface area contributed by atoms with Crippen LogP contribution in [0.1, 0.15) is 36.5 Å². The number of sulfonamides is 1. The van der Waals surface area contributed by atoms with Crippen molar-refractivity contribution in [3.63, 3.8) is 0 Å². The van der Waals surface area contributed by atoms with Gasteiger partial charge in [0, 0.05) is 19.5 Å². The Balaban J connectivity index is 1.67. The van der Waals surface area contributed by atoms with Crippen molar-refractivity contribution in [2.24, 2.45) is 0 Å². The van der Waals surface area contributed by atoms with Crippen molar-refractivity contribution in [1.29, 1.82) is 0 Å². The third-order valence-corrected chi connectivity index (χ3v) is 8.63. The summed E-state index contributed by atoms with van der Waals surface area (Å²) in [6.45, 7) is 4.15. The fraction of sp³-hybridized carbons (Fsp3) is 0.278. The molecule has 1 unspecified atom stereocenters. The summed E-state index contributed by atoms with van der Waals surface area (Å²) >= 11 is 0. The first-order valence-corrected chi connectivity index (χ1v) is 17.0. The average Bonchev–Trinajstić information content (AvgIpc) is 3.03. The van der Waals surface area contributed by atoms with E-state index in [4.69, 9.17) is 4.74 Å². The van der Waals surface area contributed by atoms with Crippen LogP contribution < -0.4 is 14.4 Å². The predicted octanol–water partition coefficient (Wildman–Crippen LogP) is 6.11. The SMILES string of the molecule is CCCCNC(=O)C(Cc1ccccc1)N(Cc1ccccc1C)C(=O)CN(c1ccc(Oc2ccccc2)cc1)S(C)(=O)=O. The maximum absolute atomic E-state index is 14.3. The number of nitrogens with zero attached hydrogens (tertiary/aromatic N) is 2. The first kappa shape index (κ1) is 33.3. The number of rotatable bonds is 15. The summed E-state index contributed by atoms with van der Waals surface area (Å²) in [5.41, 5.74) is 3.05. The van der Waals surface area contributed by atoms with Crippen molar-refractivity contribution in [1.82, 2.24) is 10.2 Å². The molecule has 1 atom stereocenters. The topological polar surface area (TPSA) is 96.0 Å².